The van der Waals surface area contributed by atoms with Gasteiger partial charge >= 0.3 is 0 Å². The second kappa shape index (κ2) is 7.72. The van der Waals surface area contributed by atoms with E-state index < -0.39 is 0 Å². The summed E-state index contributed by atoms with van der Waals surface area (Å²) in [5, 5.41) is 8.05. The molecule has 0 atom stereocenters. The highest BCUT2D eigenvalue weighted by molar-refractivity contribution is 6.31. The molecule has 2 amide bonds. The molecule has 0 spiro atoms. The summed E-state index contributed by atoms with van der Waals surface area (Å²) in [6.07, 6.45) is 3.85. The van der Waals surface area contributed by atoms with Gasteiger partial charge in [-0.1, -0.05) is 29.8 Å². The zero-order valence-electron chi connectivity index (χ0n) is 16.0. The lowest BCUT2D eigenvalue weighted by Crippen LogP contribution is -2.15. The molecule has 1 heterocycles. The van der Waals surface area contributed by atoms with Crippen molar-refractivity contribution in [3.63, 3.8) is 0 Å². The van der Waals surface area contributed by atoms with E-state index >= 15 is 0 Å². The van der Waals surface area contributed by atoms with E-state index in [1.165, 1.54) is 0 Å². The fraction of sp³-hybridized carbons (Fsp3) is 0.227. The summed E-state index contributed by atoms with van der Waals surface area (Å²) in [5.41, 5.74) is 9.97. The Labute approximate surface area is 173 Å². The van der Waals surface area contributed by atoms with Gasteiger partial charge in [-0.3, -0.25) is 9.59 Å². The molecule has 0 aliphatic heterocycles. The number of benzene rings is 2. The number of amides is 2. The number of hydrogen-bond donors (Lipinski definition) is 2. The van der Waals surface area contributed by atoms with Gasteiger partial charge < -0.3 is 11.1 Å². The van der Waals surface area contributed by atoms with Crippen molar-refractivity contribution in [3.05, 3.63) is 76.1 Å². The molecule has 0 radical (unpaired) electrons. The highest BCUT2D eigenvalue weighted by atomic mass is 35.5. The summed E-state index contributed by atoms with van der Waals surface area (Å²) in [7, 11) is 0. The Morgan fingerprint density at radius 1 is 1.21 bits per heavy atom. The number of aryl methyl sites for hydroxylation is 1. The summed E-state index contributed by atoms with van der Waals surface area (Å²) >= 11 is 6.28. The number of anilines is 1. The molecule has 1 saturated carbocycles. The average molecular weight is 409 g/mol. The predicted molar refractivity (Wildman–Crippen MR) is 113 cm³/mol. The second-order valence-corrected chi connectivity index (χ2v) is 7.76. The number of nitrogens with one attached hydrogen (secondary N) is 1. The Kier molecular flexibility index (Phi) is 5.11. The van der Waals surface area contributed by atoms with Crippen LogP contribution in [0.1, 0.15) is 45.9 Å². The molecule has 0 unspecified atom stereocenters. The van der Waals surface area contributed by atoms with Gasteiger partial charge in [-0.05, 0) is 55.2 Å². The molecular weight excluding hydrogens is 388 g/mol. The van der Waals surface area contributed by atoms with Gasteiger partial charge in [-0.15, -0.1) is 0 Å². The summed E-state index contributed by atoms with van der Waals surface area (Å²) < 4.78 is 1.81. The largest absolute Gasteiger partial charge is 0.369 e. The SMILES string of the molecule is Cc1ccc(-n2ncc(C(=O)Nc3ccc(CC(N)=O)cc3)c2C2CC2)cc1Cl. The molecule has 2 aromatic carbocycles. The normalized spacial score (nSPS) is 13.3. The first-order chi connectivity index (χ1) is 13.9. The first-order valence-electron chi connectivity index (χ1n) is 9.45. The number of nitrogens with two attached hydrogens (primary N) is 1. The number of aromatic nitrogens is 2. The quantitative estimate of drug-likeness (QED) is 0.646. The fourth-order valence-corrected chi connectivity index (χ4v) is 3.48. The van der Waals surface area contributed by atoms with Gasteiger partial charge in [-0.2, -0.15) is 5.10 Å². The fourth-order valence-electron chi connectivity index (χ4n) is 3.31. The van der Waals surface area contributed by atoms with E-state index in [1.54, 1.807) is 30.5 Å². The van der Waals surface area contributed by atoms with E-state index in [0.717, 1.165) is 35.3 Å². The molecule has 0 bridgehead atoms. The van der Waals surface area contributed by atoms with Crippen molar-refractivity contribution >= 4 is 29.1 Å². The molecule has 1 aliphatic carbocycles. The number of nitrogens with zero attached hydrogens (tertiary/aromatic N) is 2. The lowest BCUT2D eigenvalue weighted by molar-refractivity contribution is -0.117. The third kappa shape index (κ3) is 4.17. The molecule has 7 heteroatoms. The Hall–Kier alpha value is -3.12. The Balaban J connectivity index is 1.60. The van der Waals surface area contributed by atoms with E-state index in [0.29, 0.717) is 22.2 Å². The van der Waals surface area contributed by atoms with E-state index in [4.69, 9.17) is 17.3 Å². The molecule has 3 N–H and O–H groups in total. The van der Waals surface area contributed by atoms with E-state index in [9.17, 15) is 9.59 Å². The van der Waals surface area contributed by atoms with Gasteiger partial charge in [0.05, 0.1) is 29.6 Å². The van der Waals surface area contributed by atoms with Gasteiger partial charge in [0.25, 0.3) is 5.91 Å². The van der Waals surface area contributed by atoms with Crippen LogP contribution < -0.4 is 11.1 Å². The zero-order valence-corrected chi connectivity index (χ0v) is 16.7. The zero-order chi connectivity index (χ0) is 20.5. The van der Waals surface area contributed by atoms with Crippen molar-refractivity contribution in [1.29, 1.82) is 0 Å². The maximum Gasteiger partial charge on any atom is 0.259 e. The lowest BCUT2D eigenvalue weighted by atomic mass is 10.1. The first kappa shape index (κ1) is 19.2. The molecule has 148 valence electrons. The molecule has 4 rings (SSSR count). The minimum Gasteiger partial charge on any atom is -0.369 e. The van der Waals surface area contributed by atoms with Crippen LogP contribution in [0.15, 0.2) is 48.7 Å². The molecule has 1 aliphatic rings. The summed E-state index contributed by atoms with van der Waals surface area (Å²) in [5.74, 6) is -0.283. The van der Waals surface area contributed by atoms with Crippen LogP contribution in [0.25, 0.3) is 5.69 Å². The highest BCUT2D eigenvalue weighted by Gasteiger charge is 2.33. The molecule has 1 aromatic heterocycles. The highest BCUT2D eigenvalue weighted by Crippen LogP contribution is 2.42. The summed E-state index contributed by atoms with van der Waals surface area (Å²) in [4.78, 5) is 23.9. The molecule has 29 heavy (non-hydrogen) atoms. The van der Waals surface area contributed by atoms with Gasteiger partial charge in [0, 0.05) is 16.6 Å². The number of hydrogen-bond acceptors (Lipinski definition) is 3. The van der Waals surface area contributed by atoms with E-state index in [-0.39, 0.29) is 18.2 Å². The van der Waals surface area contributed by atoms with Crippen LogP contribution in [-0.4, -0.2) is 21.6 Å². The number of rotatable bonds is 6. The topological polar surface area (TPSA) is 90.0 Å². The smallest absolute Gasteiger partial charge is 0.259 e. The van der Waals surface area contributed by atoms with Crippen molar-refractivity contribution in [3.8, 4) is 5.69 Å². The van der Waals surface area contributed by atoms with Gasteiger partial charge in [-0.25, -0.2) is 4.68 Å². The van der Waals surface area contributed by atoms with Crippen molar-refractivity contribution < 1.29 is 9.59 Å². The van der Waals surface area contributed by atoms with Gasteiger partial charge in [0.1, 0.15) is 0 Å². The molecule has 6 nitrogen and oxygen atoms in total. The van der Waals surface area contributed by atoms with Crippen molar-refractivity contribution in [1.82, 2.24) is 9.78 Å². The Morgan fingerprint density at radius 3 is 2.55 bits per heavy atom. The molecule has 3 aromatic rings. The number of halogens is 1. The second-order valence-electron chi connectivity index (χ2n) is 7.36. The van der Waals surface area contributed by atoms with Crippen LogP contribution in [0.5, 0.6) is 0 Å². The van der Waals surface area contributed by atoms with Crippen LogP contribution in [0.3, 0.4) is 0 Å². The molecule has 1 fully saturated rings. The number of carbonyl (C=O) groups is 2. The Bertz CT molecular complexity index is 1080. The van der Waals surface area contributed by atoms with Crippen molar-refractivity contribution in [2.24, 2.45) is 5.73 Å². The number of carbonyl (C=O) groups excluding carboxylic acids is 2. The van der Waals surface area contributed by atoms with E-state index in [2.05, 4.69) is 10.4 Å². The molecular formula is C22H21ClN4O2. The van der Waals surface area contributed by atoms with Crippen molar-refractivity contribution in [2.75, 3.05) is 5.32 Å². The average Bonchev–Trinajstić information content (AvgIpc) is 3.43. The lowest BCUT2D eigenvalue weighted by Gasteiger charge is -2.11. The predicted octanol–water partition coefficient (Wildman–Crippen LogP) is 3.99. The maximum atomic E-state index is 12.9. The third-order valence-electron chi connectivity index (χ3n) is 5.01. The minimum absolute atomic E-state index is 0.173. The van der Waals surface area contributed by atoms with Crippen LogP contribution in [0, 0.1) is 6.92 Å². The third-order valence-corrected chi connectivity index (χ3v) is 5.41. The van der Waals surface area contributed by atoms with Gasteiger partial charge in [0.2, 0.25) is 5.91 Å². The Morgan fingerprint density at radius 2 is 1.93 bits per heavy atom. The number of primary amides is 1. The summed E-state index contributed by atoms with van der Waals surface area (Å²) in [6, 6.07) is 12.9. The van der Waals surface area contributed by atoms with E-state index in [1.807, 2.05) is 29.8 Å². The maximum absolute atomic E-state index is 12.9. The molecule has 0 saturated heterocycles. The monoisotopic (exact) mass is 408 g/mol. The van der Waals surface area contributed by atoms with Crippen LogP contribution >= 0.6 is 11.6 Å². The van der Waals surface area contributed by atoms with Crippen molar-refractivity contribution in [2.45, 2.75) is 32.1 Å². The first-order valence-corrected chi connectivity index (χ1v) is 9.83. The van der Waals surface area contributed by atoms with Gasteiger partial charge in [0.15, 0.2) is 0 Å². The standard InChI is InChI=1S/C22H21ClN4O2/c1-13-2-9-17(11-19(13)23)27-21(15-5-6-15)18(12-25-27)22(29)26-16-7-3-14(4-8-16)10-20(24)28/h2-4,7-9,11-12,15H,5-6,10H2,1H3,(H2,24,28)(H,26,29). The summed E-state index contributed by atoms with van der Waals surface area (Å²) in [6.45, 7) is 1.95. The van der Waals surface area contributed by atoms with Crippen LogP contribution in [-0.2, 0) is 11.2 Å². The van der Waals surface area contributed by atoms with Crippen LogP contribution in [0.2, 0.25) is 5.02 Å². The van der Waals surface area contributed by atoms with Crippen LogP contribution in [0.4, 0.5) is 5.69 Å². The minimum atomic E-state index is -0.389.